The summed E-state index contributed by atoms with van der Waals surface area (Å²) in [7, 11) is 0. The molecule has 2 unspecified atom stereocenters. The molecule has 0 radical (unpaired) electrons. The van der Waals surface area contributed by atoms with Crippen molar-refractivity contribution in [3.05, 3.63) is 64.6 Å². The lowest BCUT2D eigenvalue weighted by molar-refractivity contribution is 0.0500. The van der Waals surface area contributed by atoms with Crippen LogP contribution in [0.1, 0.15) is 39.0 Å². The van der Waals surface area contributed by atoms with E-state index in [0.29, 0.717) is 17.8 Å². The molecule has 2 N–H and O–H groups in total. The molecule has 2 heterocycles. The average Bonchev–Trinajstić information content (AvgIpc) is 3.05. The summed E-state index contributed by atoms with van der Waals surface area (Å²) in [6.07, 6.45) is 0.839. The maximum absolute atomic E-state index is 11.5. The highest BCUT2D eigenvalue weighted by Gasteiger charge is 2.33. The number of nitrogens with zero attached hydrogens (tertiary/aromatic N) is 2. The topological polar surface area (TPSA) is 84.1 Å². The van der Waals surface area contributed by atoms with Gasteiger partial charge < -0.3 is 19.4 Å². The Hall–Kier alpha value is -2.86. The molecule has 1 aliphatic carbocycles. The van der Waals surface area contributed by atoms with Crippen LogP contribution in [-0.2, 0) is 6.42 Å². The summed E-state index contributed by atoms with van der Waals surface area (Å²) in [6, 6.07) is 9.20. The van der Waals surface area contributed by atoms with Crippen LogP contribution in [0.25, 0.3) is 5.65 Å². The van der Waals surface area contributed by atoms with E-state index in [2.05, 4.69) is 4.98 Å². The van der Waals surface area contributed by atoms with Crippen molar-refractivity contribution in [2.45, 2.75) is 32.5 Å². The van der Waals surface area contributed by atoms with Crippen molar-refractivity contribution in [2.75, 3.05) is 0 Å². The second kappa shape index (κ2) is 5.60. The van der Waals surface area contributed by atoms with Crippen LogP contribution in [0, 0.1) is 13.8 Å². The van der Waals surface area contributed by atoms with Gasteiger partial charge in [0, 0.05) is 24.4 Å². The molecule has 0 fully saturated rings. The minimum atomic E-state index is -1.04. The van der Waals surface area contributed by atoms with E-state index in [-0.39, 0.29) is 5.56 Å². The molecule has 2 aromatic heterocycles. The number of aliphatic hydroxyl groups is 1. The molecule has 0 amide bonds. The molecule has 4 rings (SSSR count). The van der Waals surface area contributed by atoms with Gasteiger partial charge in [0.2, 0.25) is 0 Å². The lowest BCUT2D eigenvalue weighted by atomic mass is 10.1. The number of hydrogen-bond acceptors (Lipinski definition) is 4. The van der Waals surface area contributed by atoms with Gasteiger partial charge in [-0.3, -0.25) is 0 Å². The molecule has 0 bridgehead atoms. The first-order valence-electron chi connectivity index (χ1n) is 8.11. The van der Waals surface area contributed by atoms with Crippen LogP contribution in [-0.4, -0.2) is 31.7 Å². The van der Waals surface area contributed by atoms with Gasteiger partial charge in [0.15, 0.2) is 17.5 Å². The second-order valence-corrected chi connectivity index (χ2v) is 6.38. The van der Waals surface area contributed by atoms with E-state index in [0.717, 1.165) is 22.5 Å². The zero-order chi connectivity index (χ0) is 17.7. The summed E-state index contributed by atoms with van der Waals surface area (Å²) in [5, 5.41) is 19.8. The number of aryl methyl sites for hydroxylation is 2. The van der Waals surface area contributed by atoms with Crippen LogP contribution in [0.5, 0.6) is 5.75 Å². The predicted molar refractivity (Wildman–Crippen MR) is 91.1 cm³/mol. The number of benzene rings is 1. The lowest BCUT2D eigenvalue weighted by Gasteiger charge is -2.19. The highest BCUT2D eigenvalue weighted by Crippen LogP contribution is 2.37. The molecule has 128 valence electrons. The minimum absolute atomic E-state index is 0.115. The number of ether oxygens (including phenoxy) is 1. The molecular formula is C19H18N2O4. The van der Waals surface area contributed by atoms with E-state index < -0.39 is 18.2 Å². The van der Waals surface area contributed by atoms with E-state index in [1.165, 1.54) is 6.07 Å². The number of aliphatic hydroxyl groups excluding tert-OH is 1. The Morgan fingerprint density at radius 3 is 2.84 bits per heavy atom. The van der Waals surface area contributed by atoms with Crippen molar-refractivity contribution in [1.82, 2.24) is 9.38 Å². The third-order valence-corrected chi connectivity index (χ3v) is 4.80. The Kier molecular flexibility index (Phi) is 3.51. The van der Waals surface area contributed by atoms with Crippen LogP contribution in [0.15, 0.2) is 36.5 Å². The smallest absolute Gasteiger partial charge is 0.337 e. The molecule has 1 aromatic carbocycles. The summed E-state index contributed by atoms with van der Waals surface area (Å²) < 4.78 is 7.81. The summed E-state index contributed by atoms with van der Waals surface area (Å²) in [4.78, 5) is 16.0. The number of carbonyl (C=O) groups is 1. The summed E-state index contributed by atoms with van der Waals surface area (Å²) >= 11 is 0. The van der Waals surface area contributed by atoms with Crippen molar-refractivity contribution in [1.29, 1.82) is 0 Å². The van der Waals surface area contributed by atoms with Gasteiger partial charge in [-0.2, -0.15) is 0 Å². The van der Waals surface area contributed by atoms with Gasteiger partial charge in [0.1, 0.15) is 0 Å². The molecule has 6 nitrogen and oxygen atoms in total. The molecule has 0 aliphatic heterocycles. The Bertz CT molecular complexity index is 992. The van der Waals surface area contributed by atoms with E-state index in [9.17, 15) is 15.0 Å². The maximum Gasteiger partial charge on any atom is 0.337 e. The minimum Gasteiger partial charge on any atom is -0.479 e. The first-order valence-corrected chi connectivity index (χ1v) is 8.11. The molecule has 6 heteroatoms. The number of hydrogen-bond donors (Lipinski definition) is 2. The molecule has 0 saturated carbocycles. The van der Waals surface area contributed by atoms with Crippen molar-refractivity contribution in [2.24, 2.45) is 0 Å². The van der Waals surface area contributed by atoms with Gasteiger partial charge in [-0.15, -0.1) is 0 Å². The standard InChI is InChI=1S/C19H18N2O4/c1-10-11(2)21-9-13(19(23)24)8-16(18(21)20-10)25-17-14-6-4-3-5-12(14)7-15(17)22/h3-6,8-9,15,17,22H,7H2,1-2H3,(H,23,24). The molecule has 25 heavy (non-hydrogen) atoms. The monoisotopic (exact) mass is 338 g/mol. The third kappa shape index (κ3) is 2.46. The summed E-state index contributed by atoms with van der Waals surface area (Å²) in [5.41, 5.74) is 4.30. The Morgan fingerprint density at radius 1 is 1.32 bits per heavy atom. The number of imidazole rings is 1. The number of carboxylic acids is 1. The highest BCUT2D eigenvalue weighted by molar-refractivity contribution is 5.88. The number of aromatic carboxylic acids is 1. The maximum atomic E-state index is 11.5. The Balaban J connectivity index is 1.84. The zero-order valence-corrected chi connectivity index (χ0v) is 13.9. The average molecular weight is 338 g/mol. The fourth-order valence-corrected chi connectivity index (χ4v) is 3.36. The van der Waals surface area contributed by atoms with Crippen molar-refractivity contribution in [3.8, 4) is 5.75 Å². The van der Waals surface area contributed by atoms with E-state index in [1.54, 1.807) is 10.6 Å². The van der Waals surface area contributed by atoms with Crippen LogP contribution < -0.4 is 4.74 Å². The SMILES string of the molecule is Cc1nc2c(OC3c4ccccc4CC3O)cc(C(=O)O)cn2c1C. The molecule has 2 atom stereocenters. The number of carboxylic acid groups (broad SMARTS) is 1. The van der Waals surface area contributed by atoms with Crippen molar-refractivity contribution < 1.29 is 19.7 Å². The summed E-state index contributed by atoms with van der Waals surface area (Å²) in [6.45, 7) is 3.75. The number of fused-ring (bicyclic) bond motifs is 2. The first kappa shape index (κ1) is 15.7. The zero-order valence-electron chi connectivity index (χ0n) is 13.9. The molecule has 3 aromatic rings. The van der Waals surface area contributed by atoms with E-state index in [4.69, 9.17) is 4.74 Å². The van der Waals surface area contributed by atoms with Gasteiger partial charge in [0.25, 0.3) is 0 Å². The quantitative estimate of drug-likeness (QED) is 0.767. The first-order chi connectivity index (χ1) is 12.0. The van der Waals surface area contributed by atoms with Crippen molar-refractivity contribution >= 4 is 11.6 Å². The second-order valence-electron chi connectivity index (χ2n) is 6.38. The van der Waals surface area contributed by atoms with Crippen LogP contribution in [0.2, 0.25) is 0 Å². The Morgan fingerprint density at radius 2 is 2.08 bits per heavy atom. The fraction of sp³-hybridized carbons (Fsp3) is 0.263. The molecule has 1 aliphatic rings. The lowest BCUT2D eigenvalue weighted by Crippen LogP contribution is -2.19. The van der Waals surface area contributed by atoms with Crippen LogP contribution >= 0.6 is 0 Å². The van der Waals surface area contributed by atoms with Gasteiger partial charge in [-0.25, -0.2) is 9.78 Å². The molecule has 0 spiro atoms. The van der Waals surface area contributed by atoms with Crippen molar-refractivity contribution in [3.63, 3.8) is 0 Å². The van der Waals surface area contributed by atoms with Gasteiger partial charge in [-0.1, -0.05) is 24.3 Å². The number of pyridine rings is 1. The fourth-order valence-electron chi connectivity index (χ4n) is 3.36. The van der Waals surface area contributed by atoms with E-state index in [1.807, 2.05) is 38.1 Å². The third-order valence-electron chi connectivity index (χ3n) is 4.80. The van der Waals surface area contributed by atoms with Gasteiger partial charge in [0.05, 0.1) is 17.4 Å². The summed E-state index contributed by atoms with van der Waals surface area (Å²) in [5.74, 6) is -0.679. The number of rotatable bonds is 3. The van der Waals surface area contributed by atoms with Gasteiger partial charge in [-0.05, 0) is 25.0 Å². The van der Waals surface area contributed by atoms with Crippen LogP contribution in [0.4, 0.5) is 0 Å². The van der Waals surface area contributed by atoms with Gasteiger partial charge >= 0.3 is 5.97 Å². The predicted octanol–water partition coefficient (Wildman–Crippen LogP) is 2.69. The number of aromatic nitrogens is 2. The molecular weight excluding hydrogens is 320 g/mol. The molecule has 0 saturated heterocycles. The van der Waals surface area contributed by atoms with E-state index >= 15 is 0 Å². The highest BCUT2D eigenvalue weighted by atomic mass is 16.5. The largest absolute Gasteiger partial charge is 0.479 e. The normalized spacial score (nSPS) is 19.2. The Labute approximate surface area is 144 Å². The van der Waals surface area contributed by atoms with Crippen LogP contribution in [0.3, 0.4) is 0 Å².